The lowest BCUT2D eigenvalue weighted by Crippen LogP contribution is -2.36. The van der Waals surface area contributed by atoms with E-state index in [-0.39, 0.29) is 5.78 Å². The molecule has 0 unspecified atom stereocenters. The van der Waals surface area contributed by atoms with E-state index in [1.807, 2.05) is 102 Å². The highest BCUT2D eigenvalue weighted by Gasteiger charge is 2.37. The van der Waals surface area contributed by atoms with Crippen molar-refractivity contribution in [2.45, 2.75) is 26.0 Å². The number of methoxy groups -OCH3 is 2. The van der Waals surface area contributed by atoms with Crippen molar-refractivity contribution < 1.29 is 19.0 Å². The number of nitrogens with one attached hydrogen (secondary N) is 4. The maximum atomic E-state index is 12.6. The molecule has 0 radical (unpaired) electrons. The van der Waals surface area contributed by atoms with Crippen molar-refractivity contribution in [1.82, 2.24) is 38.9 Å². The molecule has 4 aromatic carbocycles. The molecule has 1 saturated heterocycles. The summed E-state index contributed by atoms with van der Waals surface area (Å²) in [5, 5.41) is 18.3. The zero-order valence-corrected chi connectivity index (χ0v) is 35.8. The molecule has 0 bridgehead atoms. The number of ketones is 1. The number of aromatic amines is 1. The normalized spacial score (nSPS) is 14.3. The lowest BCUT2D eigenvalue weighted by atomic mass is 9.98. The third-order valence-electron chi connectivity index (χ3n) is 11.4. The van der Waals surface area contributed by atoms with Gasteiger partial charge in [0.15, 0.2) is 28.7 Å². The number of Topliss-reactive ketones (excluding diaryl/α,β-unsaturated/α-hetero) is 1. The van der Waals surface area contributed by atoms with Gasteiger partial charge in [0, 0.05) is 114 Å². The minimum atomic E-state index is -0.594. The van der Waals surface area contributed by atoms with Crippen LogP contribution < -0.4 is 25.6 Å². The molecule has 7 heterocycles. The van der Waals surface area contributed by atoms with Gasteiger partial charge >= 0.3 is 0 Å². The van der Waals surface area contributed by atoms with Crippen molar-refractivity contribution in [2.75, 3.05) is 61.4 Å². The summed E-state index contributed by atoms with van der Waals surface area (Å²) in [6, 6.07) is 26.2. The van der Waals surface area contributed by atoms with Gasteiger partial charge in [-0.2, -0.15) is 5.10 Å². The number of H-pyrrole nitrogens is 1. The first-order valence-electron chi connectivity index (χ1n) is 20.9. The monoisotopic (exact) mass is 854 g/mol. The van der Waals surface area contributed by atoms with E-state index < -0.39 is 5.54 Å². The molecule has 11 rings (SSSR count). The average molecular weight is 855 g/mol. The van der Waals surface area contributed by atoms with Crippen molar-refractivity contribution in [3.8, 4) is 28.3 Å². The first-order valence-corrected chi connectivity index (χ1v) is 20.9. The minimum Gasteiger partial charge on any atom is -0.496 e. The van der Waals surface area contributed by atoms with Crippen LogP contribution in [0.2, 0.25) is 0 Å². The van der Waals surface area contributed by atoms with Crippen LogP contribution in [0, 0.1) is 0 Å². The van der Waals surface area contributed by atoms with Gasteiger partial charge in [0.25, 0.3) is 0 Å². The Bertz CT molecular complexity index is 3150. The van der Waals surface area contributed by atoms with Crippen LogP contribution in [0.1, 0.15) is 29.8 Å². The number of hydrogen-bond acceptors (Lipinski definition) is 13. The maximum Gasteiger partial charge on any atom is 0.189 e. The second-order valence-corrected chi connectivity index (χ2v) is 16.1. The fourth-order valence-electron chi connectivity index (χ4n) is 8.09. The van der Waals surface area contributed by atoms with E-state index >= 15 is 0 Å². The van der Waals surface area contributed by atoms with Crippen LogP contribution in [-0.4, -0.2) is 90.8 Å². The van der Waals surface area contributed by atoms with Crippen LogP contribution in [0.4, 0.5) is 34.4 Å². The van der Waals surface area contributed by atoms with Crippen LogP contribution in [0.15, 0.2) is 122 Å². The van der Waals surface area contributed by atoms with Crippen molar-refractivity contribution >= 4 is 62.4 Å². The Labute approximate surface area is 368 Å². The summed E-state index contributed by atoms with van der Waals surface area (Å²) in [4.78, 5) is 33.6. The molecule has 9 aromatic rings. The summed E-state index contributed by atoms with van der Waals surface area (Å²) in [5.41, 5.74) is 10.9. The number of hydrogen-bond donors (Lipinski definition) is 4. The fourth-order valence-corrected chi connectivity index (χ4v) is 8.09. The van der Waals surface area contributed by atoms with E-state index in [4.69, 9.17) is 24.2 Å². The van der Waals surface area contributed by atoms with Gasteiger partial charge in [-0.3, -0.25) is 9.89 Å². The number of carbonyl (C=O) groups excluding carboxylic acids is 1. The molecule has 64 heavy (non-hydrogen) atoms. The molecule has 0 atom stereocenters. The average Bonchev–Trinajstić information content (AvgIpc) is 4.14. The molecule has 322 valence electrons. The molecule has 2 aliphatic rings. The molecule has 2 aliphatic heterocycles. The molecule has 4 N–H and O–H groups in total. The summed E-state index contributed by atoms with van der Waals surface area (Å²) in [7, 11) is 3.31. The second-order valence-electron chi connectivity index (χ2n) is 16.1. The number of benzene rings is 4. The van der Waals surface area contributed by atoms with E-state index in [9.17, 15) is 4.79 Å². The topological polar surface area (TPSA) is 173 Å². The fraction of sp³-hybridized carbons (Fsp3) is 0.208. The summed E-state index contributed by atoms with van der Waals surface area (Å²) < 4.78 is 20.1. The Balaban J connectivity index is 0.000000153. The lowest BCUT2D eigenvalue weighted by molar-refractivity contribution is 0.0939. The quantitative estimate of drug-likeness (QED) is 0.103. The van der Waals surface area contributed by atoms with Crippen molar-refractivity contribution in [3.05, 3.63) is 133 Å². The van der Waals surface area contributed by atoms with E-state index in [2.05, 4.69) is 65.3 Å². The SMILES string of the molecule is CC1(C)Nc2cc(-c3cn4ccnc4c(Nc4ccc(N5CCOCC5)cc4)n3)ccc2C1=O.COCc1ccc(Nc2nc(-c3ccc4cn[nH]c4c3)cn3ccnc23)cc1OC. The van der Waals surface area contributed by atoms with Gasteiger partial charge in [-0.15, -0.1) is 0 Å². The van der Waals surface area contributed by atoms with Gasteiger partial charge in [-0.1, -0.05) is 24.3 Å². The Morgan fingerprint density at radius 3 is 2.12 bits per heavy atom. The van der Waals surface area contributed by atoms with Crippen LogP contribution in [0.3, 0.4) is 0 Å². The largest absolute Gasteiger partial charge is 0.496 e. The first kappa shape index (κ1) is 40.3. The number of aromatic nitrogens is 8. The third-order valence-corrected chi connectivity index (χ3v) is 11.4. The van der Waals surface area contributed by atoms with Crippen LogP contribution in [0.5, 0.6) is 5.75 Å². The van der Waals surface area contributed by atoms with Crippen molar-refractivity contribution in [2.24, 2.45) is 0 Å². The van der Waals surface area contributed by atoms with E-state index in [1.165, 1.54) is 5.69 Å². The number of ether oxygens (including phenoxy) is 3. The predicted octanol–water partition coefficient (Wildman–Crippen LogP) is 8.53. The molecule has 0 spiro atoms. The Kier molecular flexibility index (Phi) is 10.6. The van der Waals surface area contributed by atoms with Crippen LogP contribution >= 0.6 is 0 Å². The summed E-state index contributed by atoms with van der Waals surface area (Å²) >= 11 is 0. The molecule has 16 heteroatoms. The van der Waals surface area contributed by atoms with E-state index in [0.717, 1.165) is 105 Å². The molecule has 5 aromatic heterocycles. The number of rotatable bonds is 10. The molecule has 1 fully saturated rings. The highest BCUT2D eigenvalue weighted by Crippen LogP contribution is 2.36. The van der Waals surface area contributed by atoms with Crippen LogP contribution in [0.25, 0.3) is 44.7 Å². The maximum absolute atomic E-state index is 12.6. The highest BCUT2D eigenvalue weighted by atomic mass is 16.5. The van der Waals surface area contributed by atoms with Crippen LogP contribution in [-0.2, 0) is 16.1 Å². The zero-order chi connectivity index (χ0) is 43.8. The van der Waals surface area contributed by atoms with Gasteiger partial charge in [-0.05, 0) is 62.4 Å². The van der Waals surface area contributed by atoms with E-state index in [1.54, 1.807) is 32.8 Å². The van der Waals surface area contributed by atoms with Gasteiger partial charge in [0.2, 0.25) is 0 Å². The van der Waals surface area contributed by atoms with Crippen molar-refractivity contribution in [1.29, 1.82) is 0 Å². The molecule has 0 amide bonds. The Morgan fingerprint density at radius 1 is 0.781 bits per heavy atom. The molecule has 0 saturated carbocycles. The smallest absolute Gasteiger partial charge is 0.189 e. The predicted molar refractivity (Wildman–Crippen MR) is 248 cm³/mol. The molecule has 0 aliphatic carbocycles. The molecular weight excluding hydrogens is 809 g/mol. The minimum absolute atomic E-state index is 0.106. The lowest BCUT2D eigenvalue weighted by Gasteiger charge is -2.28. The van der Waals surface area contributed by atoms with Gasteiger partial charge in [0.05, 0.1) is 55.6 Å². The number of carbonyl (C=O) groups is 1. The number of imidazole rings is 2. The Morgan fingerprint density at radius 2 is 1.44 bits per heavy atom. The van der Waals surface area contributed by atoms with Gasteiger partial charge in [-0.25, -0.2) is 19.9 Å². The highest BCUT2D eigenvalue weighted by molar-refractivity contribution is 6.13. The standard InChI is InChI=1S/C26H26N6O2.C22H20N6O2/c1-26(2)23(33)20-8-3-17(15-21(20)30-26)22-16-32-10-9-27-25(32)24(29-22)28-18-4-6-19(7-5-18)31-11-13-34-14-12-31;1-29-13-16-5-6-17(10-20(16)30-2)25-21-22-23-7-8-28(22)12-19(26-21)14-3-4-15-11-24-27-18(15)9-14/h3-10,15-16,30H,11-14H2,1-2H3,(H,28,29);3-12H,13H2,1-2H3,(H,24,27)(H,25,26). The first-order chi connectivity index (χ1) is 31.2. The number of morpholine rings is 1. The van der Waals surface area contributed by atoms with Gasteiger partial charge in [0.1, 0.15) is 5.75 Å². The zero-order valence-electron chi connectivity index (χ0n) is 35.8. The summed E-state index contributed by atoms with van der Waals surface area (Å²) in [5.74, 6) is 2.19. The van der Waals surface area contributed by atoms with Crippen molar-refractivity contribution in [3.63, 3.8) is 0 Å². The summed E-state index contributed by atoms with van der Waals surface area (Å²) in [6.45, 7) is 7.62. The van der Waals surface area contributed by atoms with E-state index in [0.29, 0.717) is 18.2 Å². The summed E-state index contributed by atoms with van der Waals surface area (Å²) in [6.07, 6.45) is 13.1. The number of nitrogens with zero attached hydrogens (tertiary/aromatic N) is 8. The number of anilines is 6. The van der Waals surface area contributed by atoms with Gasteiger partial charge < -0.3 is 43.9 Å². The third kappa shape index (κ3) is 7.91. The Hall–Kier alpha value is -7.82. The number of fused-ring (bicyclic) bond motifs is 4. The second kappa shape index (κ2) is 16.8. The molecule has 16 nitrogen and oxygen atoms in total. The molecular formula is C48H46N12O4.